The van der Waals surface area contributed by atoms with Crippen LogP contribution in [-0.2, 0) is 14.4 Å². The number of carbonyl (C=O) groups is 3. The highest BCUT2D eigenvalue weighted by atomic mass is 127. The number of benzene rings is 2. The van der Waals surface area contributed by atoms with Gasteiger partial charge >= 0.3 is 11.8 Å². The van der Waals surface area contributed by atoms with Gasteiger partial charge in [0.15, 0.2) is 0 Å². The standard InChI is InChI=1S/C19H18ClIN4O3/c1-11-3-6-15(10-16(11)20)23-18(27)19(28)25-24-12(2)9-17(26)22-14-7-4-13(21)5-8-14/h3-8,10H,9H2,1-2H3,(H,22,26)(H,23,27)(H,25,28)/b24-12-. The van der Waals surface area contributed by atoms with Gasteiger partial charge in [0.25, 0.3) is 0 Å². The molecule has 0 bridgehead atoms. The summed E-state index contributed by atoms with van der Waals surface area (Å²) in [5.74, 6) is -2.12. The Bertz CT molecular complexity index is 929. The Hall–Kier alpha value is -2.46. The van der Waals surface area contributed by atoms with E-state index in [0.29, 0.717) is 22.1 Å². The fourth-order valence-corrected chi connectivity index (χ4v) is 2.61. The monoisotopic (exact) mass is 512 g/mol. The van der Waals surface area contributed by atoms with E-state index < -0.39 is 11.8 Å². The zero-order valence-electron chi connectivity index (χ0n) is 15.2. The lowest BCUT2D eigenvalue weighted by Gasteiger charge is -2.07. The van der Waals surface area contributed by atoms with Crippen LogP contribution in [-0.4, -0.2) is 23.4 Å². The molecule has 0 spiro atoms. The molecule has 9 heteroatoms. The lowest BCUT2D eigenvalue weighted by Crippen LogP contribution is -2.33. The molecule has 0 aliphatic rings. The second kappa shape index (κ2) is 10.2. The van der Waals surface area contributed by atoms with Crippen LogP contribution in [0.5, 0.6) is 0 Å². The van der Waals surface area contributed by atoms with Crippen LogP contribution < -0.4 is 16.1 Å². The summed E-state index contributed by atoms with van der Waals surface area (Å²) in [7, 11) is 0. The molecule has 0 saturated carbocycles. The lowest BCUT2D eigenvalue weighted by molar-refractivity contribution is -0.136. The van der Waals surface area contributed by atoms with E-state index in [4.69, 9.17) is 11.6 Å². The second-order valence-corrected chi connectivity index (χ2v) is 7.59. The molecule has 146 valence electrons. The molecule has 2 rings (SSSR count). The van der Waals surface area contributed by atoms with Crippen LogP contribution in [0.1, 0.15) is 18.9 Å². The van der Waals surface area contributed by atoms with Crippen molar-refractivity contribution in [3.05, 3.63) is 56.6 Å². The number of rotatable bonds is 5. The Kier molecular flexibility index (Phi) is 7.94. The highest BCUT2D eigenvalue weighted by Gasteiger charge is 2.14. The van der Waals surface area contributed by atoms with Crippen molar-refractivity contribution in [1.29, 1.82) is 0 Å². The SMILES string of the molecule is C/C(CC(=O)Nc1ccc(I)cc1)=N/NC(=O)C(=O)Nc1ccc(C)c(Cl)c1. The van der Waals surface area contributed by atoms with Crippen LogP contribution >= 0.6 is 34.2 Å². The van der Waals surface area contributed by atoms with Gasteiger partial charge in [-0.2, -0.15) is 5.10 Å². The van der Waals surface area contributed by atoms with Crippen LogP contribution in [0.2, 0.25) is 5.02 Å². The summed E-state index contributed by atoms with van der Waals surface area (Å²) in [6.07, 6.45) is -0.0263. The quantitative estimate of drug-likeness (QED) is 0.246. The predicted molar refractivity (Wildman–Crippen MR) is 118 cm³/mol. The molecule has 0 atom stereocenters. The van der Waals surface area contributed by atoms with Crippen molar-refractivity contribution < 1.29 is 14.4 Å². The van der Waals surface area contributed by atoms with Crippen molar-refractivity contribution in [2.75, 3.05) is 10.6 Å². The Labute approximate surface area is 181 Å². The van der Waals surface area contributed by atoms with Crippen LogP contribution in [0.4, 0.5) is 11.4 Å². The maximum Gasteiger partial charge on any atom is 0.329 e. The Morgan fingerprint density at radius 2 is 1.64 bits per heavy atom. The molecule has 0 aliphatic heterocycles. The van der Waals surface area contributed by atoms with Gasteiger partial charge in [0.1, 0.15) is 0 Å². The number of carbonyl (C=O) groups excluding carboxylic acids is 3. The topological polar surface area (TPSA) is 99.7 Å². The first kappa shape index (κ1) is 21.8. The van der Waals surface area contributed by atoms with Gasteiger partial charge in [-0.05, 0) is 78.4 Å². The average molecular weight is 513 g/mol. The van der Waals surface area contributed by atoms with Crippen molar-refractivity contribution in [2.45, 2.75) is 20.3 Å². The van der Waals surface area contributed by atoms with Crippen molar-refractivity contribution in [3.8, 4) is 0 Å². The normalized spacial score (nSPS) is 10.9. The Balaban J connectivity index is 1.84. The second-order valence-electron chi connectivity index (χ2n) is 5.94. The van der Waals surface area contributed by atoms with E-state index in [9.17, 15) is 14.4 Å². The summed E-state index contributed by atoms with van der Waals surface area (Å²) in [5.41, 5.74) is 4.39. The molecule has 3 N–H and O–H groups in total. The molecular formula is C19H18ClIN4O3. The first-order chi connectivity index (χ1) is 13.2. The number of halogens is 2. The predicted octanol–water partition coefficient (Wildman–Crippen LogP) is 3.71. The van der Waals surface area contributed by atoms with Crippen LogP contribution in [0, 0.1) is 10.5 Å². The van der Waals surface area contributed by atoms with Crippen molar-refractivity contribution in [3.63, 3.8) is 0 Å². The summed E-state index contributed by atoms with van der Waals surface area (Å²) < 4.78 is 1.06. The molecule has 0 fully saturated rings. The molecule has 0 aliphatic carbocycles. The van der Waals surface area contributed by atoms with E-state index in [2.05, 4.69) is 43.8 Å². The van der Waals surface area contributed by atoms with Crippen molar-refractivity contribution >= 4 is 69.0 Å². The number of anilines is 2. The fourth-order valence-electron chi connectivity index (χ4n) is 2.07. The van der Waals surface area contributed by atoms with Crippen LogP contribution in [0.25, 0.3) is 0 Å². The van der Waals surface area contributed by atoms with Crippen molar-refractivity contribution in [2.24, 2.45) is 5.10 Å². The highest BCUT2D eigenvalue weighted by molar-refractivity contribution is 14.1. The number of hydrazone groups is 1. The molecule has 0 aromatic heterocycles. The lowest BCUT2D eigenvalue weighted by atomic mass is 10.2. The molecule has 2 aromatic rings. The Morgan fingerprint density at radius 1 is 1.00 bits per heavy atom. The third kappa shape index (κ3) is 6.93. The molecule has 7 nitrogen and oxygen atoms in total. The van der Waals surface area contributed by atoms with Gasteiger partial charge < -0.3 is 10.6 Å². The number of hydrogen-bond donors (Lipinski definition) is 3. The smallest absolute Gasteiger partial charge is 0.326 e. The summed E-state index contributed by atoms with van der Waals surface area (Å²) in [6, 6.07) is 12.2. The molecule has 3 amide bonds. The summed E-state index contributed by atoms with van der Waals surface area (Å²) in [6.45, 7) is 3.40. The third-order valence-corrected chi connectivity index (χ3v) is 4.65. The number of amides is 3. The van der Waals surface area contributed by atoms with E-state index in [1.165, 1.54) is 0 Å². The zero-order valence-corrected chi connectivity index (χ0v) is 18.1. The zero-order chi connectivity index (χ0) is 20.7. The molecular weight excluding hydrogens is 495 g/mol. The van der Waals surface area contributed by atoms with Gasteiger partial charge in [-0.1, -0.05) is 17.7 Å². The largest absolute Gasteiger partial charge is 0.329 e. The average Bonchev–Trinajstić information content (AvgIpc) is 2.64. The molecule has 0 heterocycles. The summed E-state index contributed by atoms with van der Waals surface area (Å²) in [5, 5.41) is 9.41. The first-order valence-electron chi connectivity index (χ1n) is 8.20. The third-order valence-electron chi connectivity index (χ3n) is 3.53. The Morgan fingerprint density at radius 3 is 2.29 bits per heavy atom. The summed E-state index contributed by atoms with van der Waals surface area (Å²) in [4.78, 5) is 35.7. The number of nitrogens with one attached hydrogen (secondary N) is 3. The van der Waals surface area contributed by atoms with E-state index >= 15 is 0 Å². The van der Waals surface area contributed by atoms with E-state index in [1.807, 2.05) is 19.1 Å². The molecule has 0 unspecified atom stereocenters. The number of hydrogen-bond acceptors (Lipinski definition) is 4. The van der Waals surface area contributed by atoms with Crippen molar-refractivity contribution in [1.82, 2.24) is 5.43 Å². The van der Waals surface area contributed by atoms with Gasteiger partial charge in [0, 0.05) is 25.7 Å². The molecule has 28 heavy (non-hydrogen) atoms. The molecule has 0 radical (unpaired) electrons. The number of nitrogens with zero attached hydrogens (tertiary/aromatic N) is 1. The minimum atomic E-state index is -0.950. The van der Waals surface area contributed by atoms with Gasteiger partial charge in [0.05, 0.1) is 6.42 Å². The minimum Gasteiger partial charge on any atom is -0.326 e. The fraction of sp³-hybridized carbons (Fsp3) is 0.158. The van der Waals surface area contributed by atoms with E-state index in [1.54, 1.807) is 37.3 Å². The first-order valence-corrected chi connectivity index (χ1v) is 9.66. The van der Waals surface area contributed by atoms with Crippen LogP contribution in [0.3, 0.4) is 0 Å². The minimum absolute atomic E-state index is 0.0263. The highest BCUT2D eigenvalue weighted by Crippen LogP contribution is 2.19. The van der Waals surface area contributed by atoms with Gasteiger partial charge in [-0.15, -0.1) is 0 Å². The van der Waals surface area contributed by atoms with E-state index in [-0.39, 0.29) is 12.3 Å². The summed E-state index contributed by atoms with van der Waals surface area (Å²) >= 11 is 8.15. The van der Waals surface area contributed by atoms with Gasteiger partial charge in [-0.25, -0.2) is 5.43 Å². The van der Waals surface area contributed by atoms with E-state index in [0.717, 1.165) is 9.13 Å². The van der Waals surface area contributed by atoms with Gasteiger partial charge in [-0.3, -0.25) is 14.4 Å². The molecule has 2 aromatic carbocycles. The maximum atomic E-state index is 12.0. The number of aryl methyl sites for hydroxylation is 1. The maximum absolute atomic E-state index is 12.0. The van der Waals surface area contributed by atoms with Crippen LogP contribution in [0.15, 0.2) is 47.6 Å². The van der Waals surface area contributed by atoms with Gasteiger partial charge in [0.2, 0.25) is 5.91 Å². The molecule has 0 saturated heterocycles.